The van der Waals surface area contributed by atoms with E-state index in [1.165, 1.54) is 18.4 Å². The van der Waals surface area contributed by atoms with Gasteiger partial charge in [-0.15, -0.1) is 0 Å². The van der Waals surface area contributed by atoms with Gasteiger partial charge in [-0.2, -0.15) is 0 Å². The molecule has 0 amide bonds. The minimum Gasteiger partial charge on any atom is -0.330 e. The van der Waals surface area contributed by atoms with E-state index < -0.39 is 0 Å². The molecule has 0 aromatic heterocycles. The van der Waals surface area contributed by atoms with Crippen molar-refractivity contribution in [2.45, 2.75) is 24.8 Å². The van der Waals surface area contributed by atoms with Crippen LogP contribution < -0.4 is 11.1 Å². The average molecular weight is 269 g/mol. The molecule has 1 saturated carbocycles. The first kappa shape index (κ1) is 11.1. The molecule has 0 bridgehead atoms. The first-order valence-electron chi connectivity index (χ1n) is 5.48. The Labute approximate surface area is 99.4 Å². The second-order valence-electron chi connectivity index (χ2n) is 4.17. The van der Waals surface area contributed by atoms with Gasteiger partial charge in [0.1, 0.15) is 0 Å². The second-order valence-corrected chi connectivity index (χ2v) is 5.08. The molecule has 1 aromatic rings. The van der Waals surface area contributed by atoms with Gasteiger partial charge in [-0.05, 0) is 30.5 Å². The molecule has 0 saturated heterocycles. The lowest BCUT2D eigenvalue weighted by Gasteiger charge is -2.15. The molecule has 15 heavy (non-hydrogen) atoms. The third kappa shape index (κ3) is 3.30. The Morgan fingerprint density at radius 2 is 2.00 bits per heavy atom. The first-order valence-corrected chi connectivity index (χ1v) is 6.28. The smallest absolute Gasteiger partial charge is 0.0175 e. The van der Waals surface area contributed by atoms with E-state index >= 15 is 0 Å². The van der Waals surface area contributed by atoms with Crippen molar-refractivity contribution in [1.82, 2.24) is 5.32 Å². The molecule has 2 rings (SSSR count). The number of nitrogens with two attached hydrogens (primary N) is 1. The van der Waals surface area contributed by atoms with E-state index in [0.29, 0.717) is 12.5 Å². The molecule has 1 fully saturated rings. The fourth-order valence-electron chi connectivity index (χ4n) is 1.67. The van der Waals surface area contributed by atoms with Crippen LogP contribution in [0.4, 0.5) is 0 Å². The van der Waals surface area contributed by atoms with Gasteiger partial charge < -0.3 is 11.1 Å². The molecular formula is C12H17BrN2. The lowest BCUT2D eigenvalue weighted by molar-refractivity contribution is 0.586. The average Bonchev–Trinajstić information content (AvgIpc) is 3.05. The molecule has 3 heteroatoms. The largest absolute Gasteiger partial charge is 0.330 e. The molecule has 0 radical (unpaired) electrons. The first-order chi connectivity index (χ1) is 7.29. The van der Waals surface area contributed by atoms with Gasteiger partial charge in [0, 0.05) is 29.5 Å². The van der Waals surface area contributed by atoms with Crippen LogP contribution in [0.15, 0.2) is 28.7 Å². The quantitative estimate of drug-likeness (QED) is 0.860. The van der Waals surface area contributed by atoms with E-state index in [1.54, 1.807) is 0 Å². The summed E-state index contributed by atoms with van der Waals surface area (Å²) in [6.07, 6.45) is 2.66. The van der Waals surface area contributed by atoms with Crippen LogP contribution in [0.25, 0.3) is 0 Å². The number of benzene rings is 1. The summed E-state index contributed by atoms with van der Waals surface area (Å²) >= 11 is 3.44. The third-order valence-corrected chi connectivity index (χ3v) is 3.38. The van der Waals surface area contributed by atoms with E-state index in [9.17, 15) is 0 Å². The van der Waals surface area contributed by atoms with Crippen LogP contribution in [0, 0.1) is 0 Å². The molecular weight excluding hydrogens is 252 g/mol. The van der Waals surface area contributed by atoms with Gasteiger partial charge in [-0.3, -0.25) is 0 Å². The molecule has 0 aliphatic heterocycles. The summed E-state index contributed by atoms with van der Waals surface area (Å²) in [5.41, 5.74) is 7.13. The SMILES string of the molecule is NCC(CNC1CC1)c1ccc(Br)cc1. The number of nitrogens with one attached hydrogen (secondary N) is 1. The fourth-order valence-corrected chi connectivity index (χ4v) is 1.93. The number of hydrogen-bond donors (Lipinski definition) is 2. The lowest BCUT2D eigenvalue weighted by Crippen LogP contribution is -2.28. The van der Waals surface area contributed by atoms with Crippen molar-refractivity contribution in [2.75, 3.05) is 13.1 Å². The van der Waals surface area contributed by atoms with Gasteiger partial charge >= 0.3 is 0 Å². The van der Waals surface area contributed by atoms with Gasteiger partial charge in [0.25, 0.3) is 0 Å². The summed E-state index contributed by atoms with van der Waals surface area (Å²) in [7, 11) is 0. The third-order valence-electron chi connectivity index (χ3n) is 2.86. The topological polar surface area (TPSA) is 38.0 Å². The van der Waals surface area contributed by atoms with Crippen molar-refractivity contribution in [3.63, 3.8) is 0 Å². The highest BCUT2D eigenvalue weighted by Gasteiger charge is 2.21. The minimum atomic E-state index is 0.443. The van der Waals surface area contributed by atoms with Crippen molar-refractivity contribution >= 4 is 15.9 Å². The predicted octanol–water partition coefficient (Wildman–Crippen LogP) is 2.24. The molecule has 3 N–H and O–H groups in total. The Balaban J connectivity index is 1.94. The lowest BCUT2D eigenvalue weighted by atomic mass is 9.99. The standard InChI is InChI=1S/C12H17BrN2/c13-11-3-1-9(2-4-11)10(7-14)8-15-12-5-6-12/h1-4,10,12,15H,5-8,14H2. The van der Waals surface area contributed by atoms with Crippen molar-refractivity contribution in [2.24, 2.45) is 5.73 Å². The maximum absolute atomic E-state index is 5.80. The van der Waals surface area contributed by atoms with Gasteiger partial charge in [-0.1, -0.05) is 28.1 Å². The van der Waals surface area contributed by atoms with Crippen LogP contribution in [-0.2, 0) is 0 Å². The maximum atomic E-state index is 5.80. The van der Waals surface area contributed by atoms with Crippen LogP contribution >= 0.6 is 15.9 Å². The summed E-state index contributed by atoms with van der Waals surface area (Å²) in [5.74, 6) is 0.443. The molecule has 2 nitrogen and oxygen atoms in total. The normalized spacial score (nSPS) is 17.7. The summed E-state index contributed by atoms with van der Waals surface area (Å²) in [5, 5.41) is 3.53. The highest BCUT2D eigenvalue weighted by atomic mass is 79.9. The Hall–Kier alpha value is -0.380. The van der Waals surface area contributed by atoms with E-state index in [1.807, 2.05) is 0 Å². The fraction of sp³-hybridized carbons (Fsp3) is 0.500. The summed E-state index contributed by atoms with van der Waals surface area (Å²) in [4.78, 5) is 0. The van der Waals surface area contributed by atoms with Crippen molar-refractivity contribution < 1.29 is 0 Å². The Kier molecular flexibility index (Phi) is 3.78. The van der Waals surface area contributed by atoms with Crippen molar-refractivity contribution in [1.29, 1.82) is 0 Å². The molecule has 82 valence electrons. The van der Waals surface area contributed by atoms with Crippen LogP contribution in [0.5, 0.6) is 0 Å². The Morgan fingerprint density at radius 1 is 1.33 bits per heavy atom. The minimum absolute atomic E-state index is 0.443. The van der Waals surface area contributed by atoms with Crippen molar-refractivity contribution in [3.8, 4) is 0 Å². The van der Waals surface area contributed by atoms with E-state index in [4.69, 9.17) is 5.73 Å². The molecule has 1 aromatic carbocycles. The molecule has 0 spiro atoms. The zero-order valence-electron chi connectivity index (χ0n) is 8.75. The number of hydrogen-bond acceptors (Lipinski definition) is 2. The van der Waals surface area contributed by atoms with E-state index in [-0.39, 0.29) is 0 Å². The Bertz CT molecular complexity index is 306. The Morgan fingerprint density at radius 3 is 2.53 bits per heavy atom. The summed E-state index contributed by atoms with van der Waals surface area (Å²) in [6, 6.07) is 9.21. The maximum Gasteiger partial charge on any atom is 0.0175 e. The van der Waals surface area contributed by atoms with Gasteiger partial charge in [-0.25, -0.2) is 0 Å². The zero-order valence-corrected chi connectivity index (χ0v) is 10.3. The molecule has 1 atom stereocenters. The molecule has 1 unspecified atom stereocenters. The number of rotatable bonds is 5. The monoisotopic (exact) mass is 268 g/mol. The van der Waals surface area contributed by atoms with Gasteiger partial charge in [0.15, 0.2) is 0 Å². The van der Waals surface area contributed by atoms with Crippen LogP contribution in [0.3, 0.4) is 0 Å². The summed E-state index contributed by atoms with van der Waals surface area (Å²) < 4.78 is 1.12. The predicted molar refractivity (Wildman–Crippen MR) is 67.0 cm³/mol. The number of halogens is 1. The van der Waals surface area contributed by atoms with E-state index in [2.05, 4.69) is 45.5 Å². The van der Waals surface area contributed by atoms with Gasteiger partial charge in [0.2, 0.25) is 0 Å². The van der Waals surface area contributed by atoms with E-state index in [0.717, 1.165) is 17.1 Å². The van der Waals surface area contributed by atoms with Crippen LogP contribution in [0.2, 0.25) is 0 Å². The highest BCUT2D eigenvalue weighted by molar-refractivity contribution is 9.10. The van der Waals surface area contributed by atoms with Crippen LogP contribution in [-0.4, -0.2) is 19.1 Å². The van der Waals surface area contributed by atoms with Crippen LogP contribution in [0.1, 0.15) is 24.3 Å². The van der Waals surface area contributed by atoms with Gasteiger partial charge in [0.05, 0.1) is 0 Å². The summed E-state index contributed by atoms with van der Waals surface area (Å²) in [6.45, 7) is 1.71. The highest BCUT2D eigenvalue weighted by Crippen LogP contribution is 2.21. The molecule has 1 aliphatic carbocycles. The molecule has 0 heterocycles. The zero-order chi connectivity index (χ0) is 10.7. The second kappa shape index (κ2) is 5.10. The van der Waals surface area contributed by atoms with Crippen molar-refractivity contribution in [3.05, 3.63) is 34.3 Å². The molecule has 1 aliphatic rings.